The monoisotopic (exact) mass is 611 g/mol. The van der Waals surface area contributed by atoms with Crippen LogP contribution in [0.15, 0.2) is 72.8 Å². The van der Waals surface area contributed by atoms with Gasteiger partial charge in [-0.1, -0.05) is 42.8 Å². The van der Waals surface area contributed by atoms with Crippen LogP contribution in [0.1, 0.15) is 47.2 Å². The van der Waals surface area contributed by atoms with Gasteiger partial charge in [0.2, 0.25) is 5.91 Å². The first kappa shape index (κ1) is 32.2. The van der Waals surface area contributed by atoms with Crippen LogP contribution >= 0.6 is 0 Å². The van der Waals surface area contributed by atoms with Gasteiger partial charge < -0.3 is 25.0 Å². The molecule has 2 amide bonds. The van der Waals surface area contributed by atoms with Crippen molar-refractivity contribution in [3.8, 4) is 11.5 Å². The van der Waals surface area contributed by atoms with E-state index in [-0.39, 0.29) is 12.1 Å². The first-order valence-corrected chi connectivity index (χ1v) is 14.1. The summed E-state index contributed by atoms with van der Waals surface area (Å²) in [5, 5.41) is 0. The third kappa shape index (κ3) is 8.66. The van der Waals surface area contributed by atoms with Gasteiger partial charge in [0.25, 0.3) is 5.91 Å². The van der Waals surface area contributed by atoms with E-state index in [0.29, 0.717) is 30.2 Å². The highest BCUT2D eigenvalue weighted by molar-refractivity contribution is 6.09. The summed E-state index contributed by atoms with van der Waals surface area (Å²) < 4.78 is 47.2. The number of nitrogens with two attached hydrogens (primary N) is 1. The van der Waals surface area contributed by atoms with Crippen LogP contribution in [0.5, 0.6) is 11.5 Å². The Bertz CT molecular complexity index is 1480. The first-order chi connectivity index (χ1) is 21.0. The predicted molar refractivity (Wildman–Crippen MR) is 155 cm³/mol. The highest BCUT2D eigenvalue weighted by atomic mass is 19.4. The number of benzene rings is 3. The largest absolute Gasteiger partial charge is 0.491 e. The Hall–Kier alpha value is -4.71. The Morgan fingerprint density at radius 1 is 0.864 bits per heavy atom. The molecule has 0 spiro atoms. The molecule has 0 saturated carbocycles. The highest BCUT2D eigenvalue weighted by Crippen LogP contribution is 2.30. The fraction of sp³-hybridized carbons (Fsp3) is 0.312. The summed E-state index contributed by atoms with van der Waals surface area (Å²) in [5.74, 6) is -3.87. The fourth-order valence-electron chi connectivity index (χ4n) is 4.68. The molecule has 12 heteroatoms. The predicted octanol–water partition coefficient (Wildman–Crippen LogP) is 5.16. The molecular formula is C32H32F3N3O6. The zero-order chi connectivity index (χ0) is 31.7. The smallest absolute Gasteiger partial charge is 0.457 e. The number of hydrogen-bond donors (Lipinski definition) is 1. The van der Waals surface area contributed by atoms with Gasteiger partial charge in [-0.3, -0.25) is 14.4 Å². The topological polar surface area (TPSA) is 119 Å². The number of fused-ring (bicyclic) bond motifs is 1. The van der Waals surface area contributed by atoms with Crippen LogP contribution in [-0.2, 0) is 32.1 Å². The molecule has 0 aromatic heterocycles. The van der Waals surface area contributed by atoms with Gasteiger partial charge in [-0.25, -0.2) is 4.79 Å². The first-order valence-electron chi connectivity index (χ1n) is 14.1. The number of esters is 2. The van der Waals surface area contributed by atoms with Crippen molar-refractivity contribution in [1.82, 2.24) is 4.90 Å². The molecule has 1 aliphatic rings. The van der Waals surface area contributed by atoms with E-state index in [1.54, 1.807) is 36.4 Å². The molecule has 0 bridgehead atoms. The van der Waals surface area contributed by atoms with Crippen molar-refractivity contribution in [3.63, 3.8) is 0 Å². The zero-order valence-corrected chi connectivity index (χ0v) is 23.8. The number of halogens is 3. The molecule has 0 saturated heterocycles. The third-order valence-corrected chi connectivity index (χ3v) is 6.93. The number of carbonyl (C=O) groups is 4. The summed E-state index contributed by atoms with van der Waals surface area (Å²) in [6, 6.07) is 21.6. The summed E-state index contributed by atoms with van der Waals surface area (Å²) in [6.07, 6.45) is -2.77. The van der Waals surface area contributed by atoms with Crippen molar-refractivity contribution in [2.45, 2.75) is 44.8 Å². The Kier molecular flexibility index (Phi) is 10.7. The molecular weight excluding hydrogens is 579 g/mol. The number of unbranched alkanes of at least 4 members (excludes halogenated alkanes) is 2. The van der Waals surface area contributed by atoms with E-state index in [1.165, 1.54) is 4.90 Å². The number of rotatable bonds is 12. The summed E-state index contributed by atoms with van der Waals surface area (Å²) in [7, 11) is 0. The molecule has 3 aromatic carbocycles. The second-order valence-corrected chi connectivity index (χ2v) is 10.2. The maximum Gasteiger partial charge on any atom is 0.491 e. The van der Waals surface area contributed by atoms with Crippen molar-refractivity contribution in [2.75, 3.05) is 24.5 Å². The van der Waals surface area contributed by atoms with Gasteiger partial charge in [0.1, 0.15) is 18.0 Å². The molecule has 9 nitrogen and oxygen atoms in total. The lowest BCUT2D eigenvalue weighted by Crippen LogP contribution is -2.40. The quantitative estimate of drug-likeness (QED) is 0.171. The third-order valence-electron chi connectivity index (χ3n) is 6.93. The fourth-order valence-corrected chi connectivity index (χ4v) is 4.68. The Morgan fingerprint density at radius 3 is 2.23 bits per heavy atom. The van der Waals surface area contributed by atoms with Gasteiger partial charge in [0.15, 0.2) is 0 Å². The zero-order valence-electron chi connectivity index (χ0n) is 23.8. The number of amides is 2. The minimum atomic E-state index is -5.34. The number of alkyl halides is 3. The summed E-state index contributed by atoms with van der Waals surface area (Å²) >= 11 is 0. The molecule has 0 fully saturated rings. The Labute approximate surface area is 252 Å². The van der Waals surface area contributed by atoms with Crippen LogP contribution in [0.4, 0.5) is 18.9 Å². The van der Waals surface area contributed by atoms with Crippen LogP contribution in [-0.4, -0.2) is 54.5 Å². The normalized spacial score (nSPS) is 13.4. The molecule has 2 N–H and O–H groups in total. The van der Waals surface area contributed by atoms with E-state index in [9.17, 15) is 32.3 Å². The molecule has 44 heavy (non-hydrogen) atoms. The summed E-state index contributed by atoms with van der Waals surface area (Å²) in [6.45, 7) is -0.162. The van der Waals surface area contributed by atoms with Crippen molar-refractivity contribution < 1.29 is 41.8 Å². The lowest BCUT2D eigenvalue weighted by molar-refractivity contribution is -0.201. The van der Waals surface area contributed by atoms with Crippen LogP contribution in [0.2, 0.25) is 0 Å². The highest BCUT2D eigenvalue weighted by Gasteiger charge is 2.42. The van der Waals surface area contributed by atoms with Gasteiger partial charge in [0.05, 0.1) is 24.2 Å². The number of aryl methyl sites for hydroxylation is 1. The van der Waals surface area contributed by atoms with E-state index in [1.807, 2.05) is 36.4 Å². The number of para-hydroxylation sites is 1. The van der Waals surface area contributed by atoms with Gasteiger partial charge in [0, 0.05) is 6.54 Å². The minimum Gasteiger partial charge on any atom is -0.457 e. The van der Waals surface area contributed by atoms with E-state index >= 15 is 0 Å². The number of nitrogens with zero attached hydrogens (tertiary/aromatic N) is 2. The van der Waals surface area contributed by atoms with E-state index in [0.717, 1.165) is 35.3 Å². The lowest BCUT2D eigenvalue weighted by Gasteiger charge is -2.23. The van der Waals surface area contributed by atoms with Gasteiger partial charge >= 0.3 is 18.1 Å². The van der Waals surface area contributed by atoms with Crippen LogP contribution in [0, 0.1) is 0 Å². The maximum absolute atomic E-state index is 13.6. The number of ether oxygens (including phenoxy) is 2. The molecule has 0 aliphatic carbocycles. The molecule has 0 unspecified atom stereocenters. The number of carbonyl (C=O) groups excluding carboxylic acids is 4. The second kappa shape index (κ2) is 14.6. The lowest BCUT2D eigenvalue weighted by atomic mass is 10.0. The molecule has 1 heterocycles. The Morgan fingerprint density at radius 2 is 1.55 bits per heavy atom. The number of hydrogen-bond acceptors (Lipinski definition) is 7. The SMILES string of the molecule is NCCCCCc1ccc2c(c1)C(=O)N(CCC(=O)OC(=O)C(F)(F)F)CC(=O)N2Cc1ccc(Oc2ccccc2)cc1. The van der Waals surface area contributed by atoms with Gasteiger partial charge in [-0.05, 0) is 73.3 Å². The van der Waals surface area contributed by atoms with Crippen molar-refractivity contribution in [1.29, 1.82) is 0 Å². The van der Waals surface area contributed by atoms with Crippen LogP contribution in [0.25, 0.3) is 0 Å². The van der Waals surface area contributed by atoms with Crippen LogP contribution in [0.3, 0.4) is 0 Å². The molecule has 1 aliphatic heterocycles. The van der Waals surface area contributed by atoms with Crippen LogP contribution < -0.4 is 15.4 Å². The molecule has 4 rings (SSSR count). The maximum atomic E-state index is 13.6. The van der Waals surface area contributed by atoms with E-state index in [4.69, 9.17) is 10.5 Å². The van der Waals surface area contributed by atoms with Crippen molar-refractivity contribution in [2.24, 2.45) is 5.73 Å². The average Bonchev–Trinajstić information content (AvgIpc) is 3.09. The molecule has 232 valence electrons. The molecule has 3 aromatic rings. The second-order valence-electron chi connectivity index (χ2n) is 10.2. The minimum absolute atomic E-state index is 0.122. The summed E-state index contributed by atoms with van der Waals surface area (Å²) in [4.78, 5) is 52.7. The summed E-state index contributed by atoms with van der Waals surface area (Å²) in [5.41, 5.74) is 7.78. The molecule has 0 atom stereocenters. The standard InChI is InChI=1S/C32H32F3N3O6/c33-32(34,35)31(42)44-29(40)16-18-37-21-28(39)38(20-23-10-13-25(14-11-23)43-24-8-4-1-5-9-24)27-15-12-22(7-3-2-6-17-36)19-26(27)30(37)41/h1,4-5,8-15,19H,2-3,6-7,16-18,20-21,36H2. The van der Waals surface area contributed by atoms with Gasteiger partial charge in [-0.2, -0.15) is 13.2 Å². The molecule has 0 radical (unpaired) electrons. The van der Waals surface area contributed by atoms with E-state index < -0.39 is 49.4 Å². The number of anilines is 1. The van der Waals surface area contributed by atoms with E-state index in [2.05, 4.69) is 4.74 Å². The van der Waals surface area contributed by atoms with Gasteiger partial charge in [-0.15, -0.1) is 0 Å². The Balaban J connectivity index is 1.54. The van der Waals surface area contributed by atoms with Crippen molar-refractivity contribution >= 4 is 29.4 Å². The van der Waals surface area contributed by atoms with Crippen molar-refractivity contribution in [3.05, 3.63) is 89.5 Å². The average molecular weight is 612 g/mol.